The Kier molecular flexibility index (Phi) is 3.91. The Labute approximate surface area is 110 Å². The van der Waals surface area contributed by atoms with Crippen LogP contribution in [0, 0.1) is 10.1 Å². The summed E-state index contributed by atoms with van der Waals surface area (Å²) in [5, 5.41) is 24.0. The lowest BCUT2D eigenvalue weighted by atomic mass is 10.1. The van der Waals surface area contributed by atoms with Gasteiger partial charge in [0.15, 0.2) is 0 Å². The van der Waals surface area contributed by atoms with E-state index in [-0.39, 0.29) is 18.3 Å². The third-order valence-corrected chi connectivity index (χ3v) is 3.02. The third kappa shape index (κ3) is 2.63. The molecule has 0 radical (unpaired) electrons. The van der Waals surface area contributed by atoms with Gasteiger partial charge in [0.1, 0.15) is 5.52 Å². The number of hydrogen-bond acceptors (Lipinski definition) is 5. The number of rotatable bonds is 5. The molecule has 0 fully saturated rings. The Hall–Kier alpha value is -2.21. The van der Waals surface area contributed by atoms with Crippen LogP contribution in [0.2, 0.25) is 0 Å². The van der Waals surface area contributed by atoms with Gasteiger partial charge in [-0.2, -0.15) is 0 Å². The molecule has 2 rings (SSSR count). The van der Waals surface area contributed by atoms with Crippen LogP contribution in [0.25, 0.3) is 10.9 Å². The Bertz CT molecular complexity index is 597. The first-order chi connectivity index (χ1) is 9.17. The van der Waals surface area contributed by atoms with E-state index >= 15 is 0 Å². The van der Waals surface area contributed by atoms with Crippen LogP contribution in [-0.4, -0.2) is 27.7 Å². The molecule has 1 unspecified atom stereocenters. The molecule has 1 aromatic heterocycles. The molecule has 0 aliphatic rings. The van der Waals surface area contributed by atoms with Gasteiger partial charge in [0.2, 0.25) is 0 Å². The number of aliphatic hydroxyl groups excluding tert-OH is 1. The summed E-state index contributed by atoms with van der Waals surface area (Å²) in [7, 11) is 0. The summed E-state index contributed by atoms with van der Waals surface area (Å²) in [6, 6.07) is 6.52. The number of hydrogen-bond donors (Lipinski definition) is 2. The van der Waals surface area contributed by atoms with Gasteiger partial charge in [-0.25, -0.2) is 4.98 Å². The number of nitro benzene ring substituents is 1. The molecule has 2 aromatic rings. The molecule has 0 saturated heterocycles. The predicted molar refractivity (Wildman–Crippen MR) is 73.2 cm³/mol. The van der Waals surface area contributed by atoms with Gasteiger partial charge >= 0.3 is 0 Å². The van der Waals surface area contributed by atoms with Gasteiger partial charge in [-0.05, 0) is 24.6 Å². The number of benzene rings is 1. The normalized spacial score (nSPS) is 12.3. The number of anilines is 1. The van der Waals surface area contributed by atoms with Gasteiger partial charge in [-0.15, -0.1) is 0 Å². The fraction of sp³-hybridized carbons (Fsp3) is 0.308. The van der Waals surface area contributed by atoms with Crippen LogP contribution in [0.3, 0.4) is 0 Å². The molecule has 1 atom stereocenters. The molecule has 1 heterocycles. The molecule has 0 bridgehead atoms. The zero-order chi connectivity index (χ0) is 13.8. The highest BCUT2D eigenvalue weighted by atomic mass is 16.6. The van der Waals surface area contributed by atoms with Crippen LogP contribution in [0.15, 0.2) is 30.5 Å². The van der Waals surface area contributed by atoms with Crippen LogP contribution in [-0.2, 0) is 0 Å². The minimum Gasteiger partial charge on any atom is -0.394 e. The molecule has 6 heteroatoms. The van der Waals surface area contributed by atoms with Crippen molar-refractivity contribution in [1.82, 2.24) is 4.98 Å². The van der Waals surface area contributed by atoms with Crippen molar-refractivity contribution in [2.75, 3.05) is 11.9 Å². The van der Waals surface area contributed by atoms with Crippen LogP contribution >= 0.6 is 0 Å². The molecular formula is C13H15N3O3. The van der Waals surface area contributed by atoms with E-state index in [0.717, 1.165) is 12.1 Å². The first kappa shape index (κ1) is 13.2. The van der Waals surface area contributed by atoms with Crippen molar-refractivity contribution in [3.05, 3.63) is 40.6 Å². The van der Waals surface area contributed by atoms with Gasteiger partial charge in [-0.1, -0.05) is 6.92 Å². The van der Waals surface area contributed by atoms with E-state index in [2.05, 4.69) is 10.3 Å². The summed E-state index contributed by atoms with van der Waals surface area (Å²) >= 11 is 0. The van der Waals surface area contributed by atoms with Gasteiger partial charge in [-0.3, -0.25) is 10.1 Å². The van der Waals surface area contributed by atoms with E-state index in [1.807, 2.05) is 6.92 Å². The Balaban J connectivity index is 2.52. The maximum atomic E-state index is 11.0. The van der Waals surface area contributed by atoms with Gasteiger partial charge in [0.05, 0.1) is 11.5 Å². The van der Waals surface area contributed by atoms with Crippen molar-refractivity contribution in [3.63, 3.8) is 0 Å². The lowest BCUT2D eigenvalue weighted by Crippen LogP contribution is -2.22. The minimum atomic E-state index is -0.442. The van der Waals surface area contributed by atoms with Crippen molar-refractivity contribution < 1.29 is 10.0 Å². The topological polar surface area (TPSA) is 88.3 Å². The summed E-state index contributed by atoms with van der Waals surface area (Å²) in [5.74, 6) is 0. The smallest absolute Gasteiger partial charge is 0.295 e. The molecule has 19 heavy (non-hydrogen) atoms. The number of fused-ring (bicyclic) bond motifs is 1. The molecular weight excluding hydrogens is 246 g/mol. The highest BCUT2D eigenvalue weighted by Gasteiger charge is 2.16. The SMILES string of the molecule is CCC(CO)Nc1ccc([N+](=O)[O-])c2ncccc12. The predicted octanol–water partition coefficient (Wildman–Crippen LogP) is 2.33. The third-order valence-electron chi connectivity index (χ3n) is 3.02. The average Bonchev–Trinajstić information content (AvgIpc) is 2.44. The Morgan fingerprint density at radius 1 is 1.47 bits per heavy atom. The number of nitrogens with one attached hydrogen (secondary N) is 1. The lowest BCUT2D eigenvalue weighted by molar-refractivity contribution is -0.383. The Morgan fingerprint density at radius 2 is 2.26 bits per heavy atom. The molecule has 100 valence electrons. The first-order valence-corrected chi connectivity index (χ1v) is 6.07. The molecule has 0 aliphatic carbocycles. The van der Waals surface area contributed by atoms with E-state index in [4.69, 9.17) is 0 Å². The van der Waals surface area contributed by atoms with Crippen LogP contribution in [0.5, 0.6) is 0 Å². The number of nitro groups is 1. The largest absolute Gasteiger partial charge is 0.394 e. The maximum Gasteiger partial charge on any atom is 0.295 e. The van der Waals surface area contributed by atoms with Crippen molar-refractivity contribution in [3.8, 4) is 0 Å². The number of pyridine rings is 1. The van der Waals surface area contributed by atoms with Crippen molar-refractivity contribution in [1.29, 1.82) is 0 Å². The lowest BCUT2D eigenvalue weighted by Gasteiger charge is -2.16. The van der Waals surface area contributed by atoms with E-state index in [9.17, 15) is 15.2 Å². The molecule has 1 aromatic carbocycles. The van der Waals surface area contributed by atoms with Crippen LogP contribution < -0.4 is 5.32 Å². The summed E-state index contributed by atoms with van der Waals surface area (Å²) in [6.07, 6.45) is 2.29. The summed E-state index contributed by atoms with van der Waals surface area (Å²) in [6.45, 7) is 1.97. The molecule has 0 saturated carbocycles. The standard InChI is InChI=1S/C13H15N3O3/c1-2-9(8-17)15-11-5-6-12(16(18)19)13-10(11)4-3-7-14-13/h3-7,9,15,17H,2,8H2,1H3. The number of aromatic nitrogens is 1. The van der Waals surface area contributed by atoms with Crippen molar-refractivity contribution >= 4 is 22.3 Å². The fourth-order valence-electron chi connectivity index (χ4n) is 1.93. The monoisotopic (exact) mass is 261 g/mol. The van der Waals surface area contributed by atoms with E-state index < -0.39 is 4.92 Å². The van der Waals surface area contributed by atoms with Crippen LogP contribution in [0.1, 0.15) is 13.3 Å². The molecule has 0 aliphatic heterocycles. The summed E-state index contributed by atoms with van der Waals surface area (Å²) < 4.78 is 0. The second kappa shape index (κ2) is 5.62. The second-order valence-corrected chi connectivity index (χ2v) is 4.22. The number of aliphatic hydroxyl groups is 1. The van der Waals surface area contributed by atoms with Gasteiger partial charge < -0.3 is 10.4 Å². The molecule has 6 nitrogen and oxygen atoms in total. The summed E-state index contributed by atoms with van der Waals surface area (Å²) in [4.78, 5) is 14.6. The maximum absolute atomic E-state index is 11.0. The van der Waals surface area contributed by atoms with E-state index in [1.54, 1.807) is 18.2 Å². The van der Waals surface area contributed by atoms with E-state index in [1.165, 1.54) is 12.3 Å². The molecule has 0 spiro atoms. The van der Waals surface area contributed by atoms with Crippen molar-refractivity contribution in [2.24, 2.45) is 0 Å². The van der Waals surface area contributed by atoms with Crippen LogP contribution in [0.4, 0.5) is 11.4 Å². The number of non-ortho nitro benzene ring substituents is 1. The Morgan fingerprint density at radius 3 is 2.89 bits per heavy atom. The van der Waals surface area contributed by atoms with E-state index in [0.29, 0.717) is 10.9 Å². The highest BCUT2D eigenvalue weighted by molar-refractivity contribution is 5.96. The van der Waals surface area contributed by atoms with Gasteiger partial charge in [0.25, 0.3) is 5.69 Å². The highest BCUT2D eigenvalue weighted by Crippen LogP contribution is 2.30. The van der Waals surface area contributed by atoms with Crippen molar-refractivity contribution in [2.45, 2.75) is 19.4 Å². The minimum absolute atomic E-state index is 0.00917. The molecule has 2 N–H and O–H groups in total. The first-order valence-electron chi connectivity index (χ1n) is 6.07. The average molecular weight is 261 g/mol. The zero-order valence-corrected chi connectivity index (χ0v) is 10.5. The molecule has 0 amide bonds. The quantitative estimate of drug-likeness (QED) is 0.637. The zero-order valence-electron chi connectivity index (χ0n) is 10.5. The fourth-order valence-corrected chi connectivity index (χ4v) is 1.93. The number of nitrogens with zero attached hydrogens (tertiary/aromatic N) is 2. The second-order valence-electron chi connectivity index (χ2n) is 4.22. The summed E-state index contributed by atoms with van der Waals surface area (Å²) in [5.41, 5.74) is 1.08. The van der Waals surface area contributed by atoms with Gasteiger partial charge in [0, 0.05) is 29.4 Å².